The van der Waals surface area contributed by atoms with E-state index in [0.29, 0.717) is 5.65 Å². The zero-order valence-corrected chi connectivity index (χ0v) is 9.62. The molecule has 0 fully saturated rings. The van der Waals surface area contributed by atoms with Crippen molar-refractivity contribution < 1.29 is 0 Å². The minimum absolute atomic E-state index is 0.638. The molecule has 2 heterocycles. The first kappa shape index (κ1) is 9.89. The molecule has 0 bridgehead atoms. The van der Waals surface area contributed by atoms with Gasteiger partial charge in [-0.15, -0.1) is 15.0 Å². The molecular formula is C12H11N5. The molecule has 0 unspecified atom stereocenters. The average molecular weight is 225 g/mol. The number of aryl methyl sites for hydroxylation is 2. The van der Waals surface area contributed by atoms with Gasteiger partial charge in [-0.2, -0.15) is 0 Å². The van der Waals surface area contributed by atoms with Gasteiger partial charge in [0.25, 0.3) is 0 Å². The van der Waals surface area contributed by atoms with Gasteiger partial charge in [0.05, 0.1) is 11.4 Å². The largest absolute Gasteiger partial charge is 0.236 e. The van der Waals surface area contributed by atoms with Crippen LogP contribution < -0.4 is 0 Å². The van der Waals surface area contributed by atoms with Crippen molar-refractivity contribution in [2.24, 2.45) is 0 Å². The normalized spacial score (nSPS) is 10.9. The summed E-state index contributed by atoms with van der Waals surface area (Å²) in [6.07, 6.45) is 0. The summed E-state index contributed by atoms with van der Waals surface area (Å²) in [4.78, 5) is 10.1. The maximum Gasteiger partial charge on any atom is 0.205 e. The Labute approximate surface area is 98.1 Å². The Morgan fingerprint density at radius 1 is 0.941 bits per heavy atom. The van der Waals surface area contributed by atoms with Crippen LogP contribution in [0.25, 0.3) is 16.9 Å². The lowest BCUT2D eigenvalue weighted by Crippen LogP contribution is -1.97. The van der Waals surface area contributed by atoms with Crippen LogP contribution in [0.1, 0.15) is 11.5 Å². The van der Waals surface area contributed by atoms with Crippen molar-refractivity contribution in [1.82, 2.24) is 25.0 Å². The maximum atomic E-state index is 4.40. The molecule has 0 aliphatic carbocycles. The van der Waals surface area contributed by atoms with Crippen LogP contribution in [0.4, 0.5) is 0 Å². The molecule has 0 amide bonds. The monoisotopic (exact) mass is 225 g/mol. The predicted molar refractivity (Wildman–Crippen MR) is 63.9 cm³/mol. The molecule has 5 heteroatoms. The van der Waals surface area contributed by atoms with Crippen LogP contribution in [0.2, 0.25) is 0 Å². The smallest absolute Gasteiger partial charge is 0.205 e. The quantitative estimate of drug-likeness (QED) is 0.634. The highest BCUT2D eigenvalue weighted by molar-refractivity contribution is 5.71. The number of nitrogens with zero attached hydrogens (tertiary/aromatic N) is 5. The topological polar surface area (TPSA) is 56.5 Å². The van der Waals surface area contributed by atoms with Gasteiger partial charge in [-0.1, -0.05) is 18.2 Å². The standard InChI is InChI=1S/C12H11N5/c1-8-11-12(14-9(2)13-8)16-17(15-11)10-6-4-3-5-7-10/h3-7H,1-2H3. The molecule has 3 rings (SSSR count). The van der Waals surface area contributed by atoms with Crippen molar-refractivity contribution in [3.05, 3.63) is 41.9 Å². The van der Waals surface area contributed by atoms with Crippen LogP contribution in [0.3, 0.4) is 0 Å². The van der Waals surface area contributed by atoms with E-state index in [4.69, 9.17) is 0 Å². The van der Waals surface area contributed by atoms with Gasteiger partial charge >= 0.3 is 0 Å². The van der Waals surface area contributed by atoms with E-state index in [2.05, 4.69) is 20.2 Å². The zero-order valence-electron chi connectivity index (χ0n) is 9.62. The predicted octanol–water partition coefficient (Wildman–Crippen LogP) is 1.83. The molecule has 3 aromatic rings. The molecule has 17 heavy (non-hydrogen) atoms. The molecular weight excluding hydrogens is 214 g/mol. The minimum atomic E-state index is 0.638. The van der Waals surface area contributed by atoms with E-state index in [-0.39, 0.29) is 0 Å². The van der Waals surface area contributed by atoms with E-state index in [1.165, 1.54) is 0 Å². The second-order valence-electron chi connectivity index (χ2n) is 3.85. The minimum Gasteiger partial charge on any atom is -0.236 e. The Hall–Kier alpha value is -2.30. The molecule has 0 saturated heterocycles. The van der Waals surface area contributed by atoms with Crippen molar-refractivity contribution in [1.29, 1.82) is 0 Å². The van der Waals surface area contributed by atoms with Crippen molar-refractivity contribution in [2.75, 3.05) is 0 Å². The summed E-state index contributed by atoms with van der Waals surface area (Å²) in [5.41, 5.74) is 3.16. The zero-order chi connectivity index (χ0) is 11.8. The summed E-state index contributed by atoms with van der Waals surface area (Å²) in [6.45, 7) is 3.77. The highest BCUT2D eigenvalue weighted by atomic mass is 15.5. The summed E-state index contributed by atoms with van der Waals surface area (Å²) < 4.78 is 0. The molecule has 0 aliphatic rings. The Bertz CT molecular complexity index is 672. The first-order valence-corrected chi connectivity index (χ1v) is 5.38. The number of aromatic nitrogens is 5. The fourth-order valence-corrected chi connectivity index (χ4v) is 1.76. The molecule has 0 saturated carbocycles. The average Bonchev–Trinajstić information content (AvgIpc) is 2.74. The first-order valence-electron chi connectivity index (χ1n) is 5.38. The lowest BCUT2D eigenvalue weighted by Gasteiger charge is -1.95. The van der Waals surface area contributed by atoms with Gasteiger partial charge < -0.3 is 0 Å². The second-order valence-corrected chi connectivity index (χ2v) is 3.85. The van der Waals surface area contributed by atoms with Gasteiger partial charge in [-0.3, -0.25) is 0 Å². The number of hydrogen-bond acceptors (Lipinski definition) is 4. The molecule has 84 valence electrons. The summed E-state index contributed by atoms with van der Waals surface area (Å²) in [5.74, 6) is 0.718. The van der Waals surface area contributed by atoms with Crippen molar-refractivity contribution in [3.63, 3.8) is 0 Å². The van der Waals surface area contributed by atoms with Crippen molar-refractivity contribution >= 4 is 11.2 Å². The van der Waals surface area contributed by atoms with Crippen LogP contribution in [0, 0.1) is 13.8 Å². The first-order chi connectivity index (χ1) is 8.24. The van der Waals surface area contributed by atoms with Gasteiger partial charge in [0.15, 0.2) is 5.52 Å². The summed E-state index contributed by atoms with van der Waals surface area (Å²) in [6, 6.07) is 9.77. The summed E-state index contributed by atoms with van der Waals surface area (Å²) >= 11 is 0. The number of benzene rings is 1. The fraction of sp³-hybridized carbons (Fsp3) is 0.167. The molecule has 0 spiro atoms. The summed E-state index contributed by atoms with van der Waals surface area (Å²) in [5, 5.41) is 8.76. The molecule has 5 nitrogen and oxygen atoms in total. The van der Waals surface area contributed by atoms with Gasteiger partial charge in [0.1, 0.15) is 5.82 Å². The Balaban J connectivity index is 2.24. The van der Waals surface area contributed by atoms with Crippen LogP contribution in [-0.4, -0.2) is 25.0 Å². The Kier molecular flexibility index (Phi) is 2.11. The van der Waals surface area contributed by atoms with E-state index < -0.39 is 0 Å². The molecule has 0 radical (unpaired) electrons. The number of para-hydroxylation sites is 1. The van der Waals surface area contributed by atoms with E-state index in [1.807, 2.05) is 44.2 Å². The number of rotatable bonds is 1. The lowest BCUT2D eigenvalue weighted by molar-refractivity contribution is 0.763. The van der Waals surface area contributed by atoms with Crippen LogP contribution in [0.15, 0.2) is 30.3 Å². The molecule has 2 aromatic heterocycles. The van der Waals surface area contributed by atoms with Crippen molar-refractivity contribution in [3.8, 4) is 5.69 Å². The third-order valence-electron chi connectivity index (χ3n) is 2.52. The number of hydrogen-bond donors (Lipinski definition) is 0. The van der Waals surface area contributed by atoms with Crippen LogP contribution >= 0.6 is 0 Å². The third kappa shape index (κ3) is 1.65. The highest BCUT2D eigenvalue weighted by Crippen LogP contribution is 2.12. The Morgan fingerprint density at radius 3 is 2.47 bits per heavy atom. The maximum absolute atomic E-state index is 4.40. The van der Waals surface area contributed by atoms with E-state index in [1.54, 1.807) is 4.80 Å². The van der Waals surface area contributed by atoms with Gasteiger partial charge in [0, 0.05) is 0 Å². The lowest BCUT2D eigenvalue weighted by atomic mass is 10.3. The fourth-order valence-electron chi connectivity index (χ4n) is 1.76. The SMILES string of the molecule is Cc1nc(C)c2nn(-c3ccccc3)nc2n1. The van der Waals surface area contributed by atoms with E-state index >= 15 is 0 Å². The molecule has 0 atom stereocenters. The van der Waals surface area contributed by atoms with Crippen LogP contribution in [-0.2, 0) is 0 Å². The van der Waals surface area contributed by atoms with Crippen molar-refractivity contribution in [2.45, 2.75) is 13.8 Å². The van der Waals surface area contributed by atoms with Gasteiger partial charge in [0.2, 0.25) is 5.65 Å². The second kappa shape index (κ2) is 3.62. The van der Waals surface area contributed by atoms with E-state index in [9.17, 15) is 0 Å². The molecule has 0 aliphatic heterocycles. The van der Waals surface area contributed by atoms with Gasteiger partial charge in [-0.05, 0) is 26.0 Å². The van der Waals surface area contributed by atoms with E-state index in [0.717, 1.165) is 22.7 Å². The van der Waals surface area contributed by atoms with Gasteiger partial charge in [-0.25, -0.2) is 9.97 Å². The molecule has 1 aromatic carbocycles. The number of fused-ring (bicyclic) bond motifs is 1. The van der Waals surface area contributed by atoms with Crippen LogP contribution in [0.5, 0.6) is 0 Å². The third-order valence-corrected chi connectivity index (χ3v) is 2.52. The molecule has 0 N–H and O–H groups in total. The highest BCUT2D eigenvalue weighted by Gasteiger charge is 2.09. The summed E-state index contributed by atoms with van der Waals surface area (Å²) in [7, 11) is 0. The Morgan fingerprint density at radius 2 is 1.71 bits per heavy atom.